The van der Waals surface area contributed by atoms with E-state index < -0.39 is 0 Å². The number of nitrogens with zero attached hydrogens (tertiary/aromatic N) is 2. The normalized spacial score (nSPS) is 25.1. The Hall–Kier alpha value is -3.38. The van der Waals surface area contributed by atoms with Gasteiger partial charge < -0.3 is 21.3 Å². The molecule has 2 aliphatic rings. The van der Waals surface area contributed by atoms with E-state index in [0.29, 0.717) is 0 Å². The summed E-state index contributed by atoms with van der Waals surface area (Å²) in [4.78, 5) is 0. The predicted molar refractivity (Wildman–Crippen MR) is 117 cm³/mol. The van der Waals surface area contributed by atoms with Crippen molar-refractivity contribution < 1.29 is 0 Å². The van der Waals surface area contributed by atoms with Gasteiger partial charge in [-0.1, -0.05) is 12.1 Å². The van der Waals surface area contributed by atoms with Gasteiger partial charge in [-0.3, -0.25) is 0 Å². The maximum absolute atomic E-state index is 9.31. The summed E-state index contributed by atoms with van der Waals surface area (Å²) >= 11 is 0. The van der Waals surface area contributed by atoms with Gasteiger partial charge in [0.15, 0.2) is 0 Å². The molecule has 0 fully saturated rings. The van der Waals surface area contributed by atoms with Crippen molar-refractivity contribution in [3.63, 3.8) is 0 Å². The quantitative estimate of drug-likeness (QED) is 0.615. The SMILES string of the molecule is CC1CC(C#N)Nc2ccc(Cc3ccc4c(c3)NC(C)CC(C#N)N4)cc2N1. The van der Waals surface area contributed by atoms with Crippen LogP contribution in [0.2, 0.25) is 0 Å². The average Bonchev–Trinajstić information content (AvgIpc) is 2.96. The summed E-state index contributed by atoms with van der Waals surface area (Å²) in [5, 5.41) is 32.3. The molecular formula is C23H26N6. The molecule has 0 saturated heterocycles. The van der Waals surface area contributed by atoms with Crippen molar-refractivity contribution >= 4 is 22.7 Å². The van der Waals surface area contributed by atoms with Crippen molar-refractivity contribution in [2.45, 2.75) is 57.3 Å². The van der Waals surface area contributed by atoms with E-state index in [2.05, 4.69) is 83.7 Å². The molecule has 2 aliphatic heterocycles. The molecule has 0 spiro atoms. The molecule has 4 N–H and O–H groups in total. The second-order valence-corrected chi connectivity index (χ2v) is 8.15. The summed E-state index contributed by atoms with van der Waals surface area (Å²) in [6.07, 6.45) is 2.35. The smallest absolute Gasteiger partial charge is 0.116 e. The van der Waals surface area contributed by atoms with E-state index in [1.807, 2.05) is 0 Å². The molecule has 4 unspecified atom stereocenters. The minimum absolute atomic E-state index is 0.174. The Morgan fingerprint density at radius 1 is 0.724 bits per heavy atom. The monoisotopic (exact) mass is 386 g/mol. The molecule has 6 nitrogen and oxygen atoms in total. The van der Waals surface area contributed by atoms with Crippen LogP contribution in [0.5, 0.6) is 0 Å². The second-order valence-electron chi connectivity index (χ2n) is 8.15. The van der Waals surface area contributed by atoms with Crippen LogP contribution in [0.4, 0.5) is 22.7 Å². The number of nitriles is 2. The zero-order valence-electron chi connectivity index (χ0n) is 16.8. The lowest BCUT2D eigenvalue weighted by molar-refractivity contribution is 0.687. The first kappa shape index (κ1) is 19.0. The fraction of sp³-hybridized carbons (Fsp3) is 0.391. The Balaban J connectivity index is 1.56. The largest absolute Gasteiger partial charge is 0.381 e. The van der Waals surface area contributed by atoms with E-state index in [0.717, 1.165) is 42.0 Å². The van der Waals surface area contributed by atoms with Crippen LogP contribution in [0, 0.1) is 22.7 Å². The van der Waals surface area contributed by atoms with Gasteiger partial charge in [0, 0.05) is 24.9 Å². The van der Waals surface area contributed by atoms with Gasteiger partial charge in [-0.25, -0.2) is 0 Å². The van der Waals surface area contributed by atoms with Crippen LogP contribution >= 0.6 is 0 Å². The Morgan fingerprint density at radius 3 is 1.59 bits per heavy atom. The van der Waals surface area contributed by atoms with Gasteiger partial charge >= 0.3 is 0 Å². The molecule has 4 atom stereocenters. The van der Waals surface area contributed by atoms with Gasteiger partial charge in [-0.2, -0.15) is 10.5 Å². The maximum atomic E-state index is 9.31. The minimum Gasteiger partial charge on any atom is -0.381 e. The Kier molecular flexibility index (Phi) is 5.18. The molecule has 0 aromatic heterocycles. The third-order valence-electron chi connectivity index (χ3n) is 5.53. The molecule has 0 aliphatic carbocycles. The molecule has 0 bridgehead atoms. The van der Waals surface area contributed by atoms with Crippen molar-refractivity contribution in [1.82, 2.24) is 0 Å². The fourth-order valence-corrected chi connectivity index (χ4v) is 4.15. The molecule has 2 heterocycles. The van der Waals surface area contributed by atoms with Crippen LogP contribution in [-0.4, -0.2) is 24.2 Å². The lowest BCUT2D eigenvalue weighted by atomic mass is 10.0. The van der Waals surface area contributed by atoms with Crippen LogP contribution in [0.15, 0.2) is 36.4 Å². The molecule has 4 rings (SSSR count). The highest BCUT2D eigenvalue weighted by Crippen LogP contribution is 2.32. The van der Waals surface area contributed by atoms with Gasteiger partial charge in [0.1, 0.15) is 12.1 Å². The van der Waals surface area contributed by atoms with Crippen molar-refractivity contribution in [3.8, 4) is 12.1 Å². The standard InChI is InChI=1S/C23H26N6/c1-14-7-18(12-24)28-20-5-3-16(10-22(20)26-14)9-17-4-6-21-23(11-17)27-15(2)8-19(13-25)29-21/h3-6,10-11,14-15,18-19,26-29H,7-9H2,1-2H3. The first-order valence-corrected chi connectivity index (χ1v) is 10.2. The molecule has 0 amide bonds. The summed E-state index contributed by atoms with van der Waals surface area (Å²) in [6, 6.07) is 17.5. The Bertz CT molecular complexity index is 906. The third kappa shape index (κ3) is 4.22. The van der Waals surface area contributed by atoms with Crippen LogP contribution in [0.25, 0.3) is 0 Å². The molecular weight excluding hydrogens is 360 g/mol. The van der Waals surface area contributed by atoms with Crippen LogP contribution in [0.3, 0.4) is 0 Å². The number of nitrogens with one attached hydrogen (secondary N) is 4. The first-order chi connectivity index (χ1) is 14.0. The van der Waals surface area contributed by atoms with E-state index in [1.54, 1.807) is 0 Å². The highest BCUT2D eigenvalue weighted by atomic mass is 15.0. The van der Waals surface area contributed by atoms with Gasteiger partial charge in [-0.05, 0) is 55.7 Å². The summed E-state index contributed by atoms with van der Waals surface area (Å²) in [6.45, 7) is 4.21. The molecule has 0 saturated carbocycles. The molecule has 2 aromatic carbocycles. The van der Waals surface area contributed by atoms with Crippen LogP contribution < -0.4 is 21.3 Å². The number of fused-ring (bicyclic) bond motifs is 2. The summed E-state index contributed by atoms with van der Waals surface area (Å²) in [5.41, 5.74) is 6.48. The minimum atomic E-state index is -0.174. The number of hydrogen-bond donors (Lipinski definition) is 4. The molecule has 6 heteroatoms. The van der Waals surface area contributed by atoms with Crippen molar-refractivity contribution in [1.29, 1.82) is 10.5 Å². The molecule has 2 aromatic rings. The number of benzene rings is 2. The zero-order valence-corrected chi connectivity index (χ0v) is 16.8. The van der Waals surface area contributed by atoms with E-state index in [-0.39, 0.29) is 24.2 Å². The van der Waals surface area contributed by atoms with E-state index in [4.69, 9.17) is 0 Å². The topological polar surface area (TPSA) is 95.7 Å². The molecule has 0 radical (unpaired) electrons. The Labute approximate surface area is 171 Å². The van der Waals surface area contributed by atoms with E-state index in [9.17, 15) is 10.5 Å². The molecule has 29 heavy (non-hydrogen) atoms. The van der Waals surface area contributed by atoms with Crippen LogP contribution in [0.1, 0.15) is 37.8 Å². The van der Waals surface area contributed by atoms with Gasteiger partial charge in [0.25, 0.3) is 0 Å². The molecule has 148 valence electrons. The van der Waals surface area contributed by atoms with Crippen molar-refractivity contribution in [2.24, 2.45) is 0 Å². The van der Waals surface area contributed by atoms with Gasteiger partial charge in [-0.15, -0.1) is 0 Å². The van der Waals surface area contributed by atoms with Gasteiger partial charge in [0.2, 0.25) is 0 Å². The summed E-state index contributed by atoms with van der Waals surface area (Å²) in [5.74, 6) is 0. The maximum Gasteiger partial charge on any atom is 0.116 e. The summed E-state index contributed by atoms with van der Waals surface area (Å²) in [7, 11) is 0. The highest BCUT2D eigenvalue weighted by Gasteiger charge is 2.21. The summed E-state index contributed by atoms with van der Waals surface area (Å²) < 4.78 is 0. The first-order valence-electron chi connectivity index (χ1n) is 10.2. The Morgan fingerprint density at radius 2 is 1.17 bits per heavy atom. The van der Waals surface area contributed by atoms with Crippen LogP contribution in [-0.2, 0) is 6.42 Å². The number of rotatable bonds is 2. The van der Waals surface area contributed by atoms with Gasteiger partial charge in [0.05, 0.1) is 34.9 Å². The highest BCUT2D eigenvalue weighted by molar-refractivity contribution is 5.73. The average molecular weight is 387 g/mol. The van der Waals surface area contributed by atoms with E-state index in [1.165, 1.54) is 11.1 Å². The number of hydrogen-bond acceptors (Lipinski definition) is 6. The lowest BCUT2D eigenvalue weighted by Crippen LogP contribution is -2.22. The zero-order chi connectivity index (χ0) is 20.4. The second kappa shape index (κ2) is 7.93. The van der Waals surface area contributed by atoms with E-state index >= 15 is 0 Å². The van der Waals surface area contributed by atoms with Crippen molar-refractivity contribution in [2.75, 3.05) is 21.3 Å². The number of anilines is 4. The van der Waals surface area contributed by atoms with Crippen molar-refractivity contribution in [3.05, 3.63) is 47.5 Å². The predicted octanol–water partition coefficient (Wildman–Crippen LogP) is 4.29. The third-order valence-corrected chi connectivity index (χ3v) is 5.53. The fourth-order valence-electron chi connectivity index (χ4n) is 4.15. The lowest BCUT2D eigenvalue weighted by Gasteiger charge is -2.15.